The Morgan fingerprint density at radius 2 is 1.96 bits per heavy atom. The van der Waals surface area contributed by atoms with E-state index < -0.39 is 0 Å². The second-order valence-electron chi connectivity index (χ2n) is 8.38. The Balaban J connectivity index is 1.62. The Kier molecular flexibility index (Phi) is 7.36. The normalized spacial score (nSPS) is 28.4. The quantitative estimate of drug-likeness (QED) is 0.699. The molecule has 5 heteroatoms. The van der Waals surface area contributed by atoms with Crippen LogP contribution in [-0.2, 0) is 17.6 Å². The molecule has 0 spiro atoms. The van der Waals surface area contributed by atoms with Gasteiger partial charge in [-0.3, -0.25) is 4.79 Å². The molecule has 1 unspecified atom stereocenters. The second kappa shape index (κ2) is 9.74. The van der Waals surface area contributed by atoms with Gasteiger partial charge in [0.1, 0.15) is 5.82 Å². The molecule has 27 heavy (non-hydrogen) atoms. The van der Waals surface area contributed by atoms with Crippen LogP contribution in [0.1, 0.15) is 87.1 Å². The molecule has 0 saturated heterocycles. The highest BCUT2D eigenvalue weighted by Gasteiger charge is 2.28. The molecule has 2 atom stereocenters. The van der Waals surface area contributed by atoms with Crippen molar-refractivity contribution in [3.05, 3.63) is 23.3 Å². The van der Waals surface area contributed by atoms with E-state index in [1.807, 2.05) is 0 Å². The van der Waals surface area contributed by atoms with Crippen molar-refractivity contribution < 1.29 is 14.6 Å². The van der Waals surface area contributed by atoms with Crippen molar-refractivity contribution in [1.82, 2.24) is 9.97 Å². The predicted octanol–water partition coefficient (Wildman–Crippen LogP) is 3.91. The molecule has 1 aromatic heterocycles. The number of carbonyl (C=O) groups excluding carboxylic acids is 1. The minimum atomic E-state index is -0.262. The number of aliphatic hydroxyl groups is 1. The average molecular weight is 375 g/mol. The van der Waals surface area contributed by atoms with Crippen molar-refractivity contribution in [2.45, 2.75) is 90.3 Å². The molecule has 2 aliphatic carbocycles. The van der Waals surface area contributed by atoms with E-state index in [4.69, 9.17) is 9.72 Å². The lowest BCUT2D eigenvalue weighted by molar-refractivity contribution is 0.0183. The third-order valence-electron chi connectivity index (χ3n) is 6.19. The zero-order valence-electron chi connectivity index (χ0n) is 16.8. The van der Waals surface area contributed by atoms with Crippen LogP contribution in [0.4, 0.5) is 0 Å². The summed E-state index contributed by atoms with van der Waals surface area (Å²) in [6, 6.07) is 0. The smallest absolute Gasteiger partial charge is 0.163 e. The number of nitrogens with zero attached hydrogens (tertiary/aromatic N) is 2. The summed E-state index contributed by atoms with van der Waals surface area (Å²) >= 11 is 0. The minimum Gasteiger partial charge on any atom is -0.393 e. The van der Waals surface area contributed by atoms with Gasteiger partial charge >= 0.3 is 0 Å². The molecule has 2 aliphatic rings. The zero-order valence-corrected chi connectivity index (χ0v) is 16.8. The molecule has 0 aromatic carbocycles. The Morgan fingerprint density at radius 1 is 1.19 bits per heavy atom. The van der Waals surface area contributed by atoms with Crippen LogP contribution in [0.25, 0.3) is 0 Å². The molecule has 3 rings (SSSR count). The van der Waals surface area contributed by atoms with E-state index in [0.29, 0.717) is 24.0 Å². The van der Waals surface area contributed by atoms with Gasteiger partial charge in [0.25, 0.3) is 0 Å². The fourth-order valence-corrected chi connectivity index (χ4v) is 4.56. The summed E-state index contributed by atoms with van der Waals surface area (Å²) in [7, 11) is 0. The molecule has 2 fully saturated rings. The van der Waals surface area contributed by atoms with Crippen LogP contribution < -0.4 is 0 Å². The standard InChI is InChI=1S/C22H34N2O3/c1-3-11-27-18-9-7-16(8-10-18)12-22-23-14-19(15(2)25)20(24-22)13-17-5-4-6-21(17)26/h14,16-18,21,26H,3-13H2,1-2H3/t16?,17?,18?,21-/m0/s1. The van der Waals surface area contributed by atoms with Crippen LogP contribution in [0.2, 0.25) is 0 Å². The fourth-order valence-electron chi connectivity index (χ4n) is 4.56. The van der Waals surface area contributed by atoms with Gasteiger partial charge in [0, 0.05) is 19.2 Å². The summed E-state index contributed by atoms with van der Waals surface area (Å²) in [4.78, 5) is 21.3. The van der Waals surface area contributed by atoms with Crippen molar-refractivity contribution in [3.8, 4) is 0 Å². The van der Waals surface area contributed by atoms with Crippen molar-refractivity contribution in [1.29, 1.82) is 0 Å². The first-order chi connectivity index (χ1) is 13.1. The molecule has 0 radical (unpaired) electrons. The van der Waals surface area contributed by atoms with Crippen molar-refractivity contribution in [2.75, 3.05) is 6.61 Å². The lowest BCUT2D eigenvalue weighted by Gasteiger charge is -2.28. The SMILES string of the molecule is CCCOC1CCC(Cc2ncc(C(C)=O)c(CC3CCC[C@@H]3O)n2)CC1. The molecule has 2 saturated carbocycles. The molecule has 0 bridgehead atoms. The molecule has 1 N–H and O–H groups in total. The van der Waals surface area contributed by atoms with Gasteiger partial charge in [-0.1, -0.05) is 13.3 Å². The summed E-state index contributed by atoms with van der Waals surface area (Å²) in [6.07, 6.45) is 12.0. The van der Waals surface area contributed by atoms with Gasteiger partial charge in [-0.05, 0) is 70.1 Å². The maximum absolute atomic E-state index is 12.0. The van der Waals surface area contributed by atoms with Crippen molar-refractivity contribution in [3.63, 3.8) is 0 Å². The van der Waals surface area contributed by atoms with E-state index in [2.05, 4.69) is 11.9 Å². The van der Waals surface area contributed by atoms with E-state index in [-0.39, 0.29) is 17.8 Å². The van der Waals surface area contributed by atoms with Gasteiger partial charge in [0.15, 0.2) is 5.78 Å². The molecular formula is C22H34N2O3. The molecule has 150 valence electrons. The second-order valence-corrected chi connectivity index (χ2v) is 8.38. The van der Waals surface area contributed by atoms with Gasteiger partial charge in [-0.15, -0.1) is 0 Å². The third-order valence-corrected chi connectivity index (χ3v) is 6.19. The molecule has 1 aromatic rings. The van der Waals surface area contributed by atoms with Gasteiger partial charge < -0.3 is 9.84 Å². The number of aromatic nitrogens is 2. The van der Waals surface area contributed by atoms with Gasteiger partial charge in [0.05, 0.1) is 23.5 Å². The molecule has 5 nitrogen and oxygen atoms in total. The summed E-state index contributed by atoms with van der Waals surface area (Å²) in [5.41, 5.74) is 1.45. The van der Waals surface area contributed by atoms with E-state index in [1.165, 1.54) is 0 Å². The van der Waals surface area contributed by atoms with Crippen LogP contribution in [0.15, 0.2) is 6.20 Å². The Hall–Kier alpha value is -1.33. The first-order valence-electron chi connectivity index (χ1n) is 10.7. The minimum absolute atomic E-state index is 0.0117. The highest BCUT2D eigenvalue weighted by molar-refractivity contribution is 5.94. The fraction of sp³-hybridized carbons (Fsp3) is 0.773. The van der Waals surface area contributed by atoms with E-state index in [0.717, 1.165) is 75.9 Å². The van der Waals surface area contributed by atoms with Crippen LogP contribution in [0.5, 0.6) is 0 Å². The molecule has 0 amide bonds. The third kappa shape index (κ3) is 5.58. The number of ether oxygens (including phenoxy) is 1. The number of rotatable bonds is 8. The number of aliphatic hydroxyl groups excluding tert-OH is 1. The monoisotopic (exact) mass is 374 g/mol. The summed E-state index contributed by atoms with van der Waals surface area (Å²) in [6.45, 7) is 4.59. The van der Waals surface area contributed by atoms with Crippen LogP contribution in [-0.4, -0.2) is 39.7 Å². The first kappa shape index (κ1) is 20.4. The number of Topliss-reactive ketones (excluding diaryl/α,β-unsaturated/α-hetero) is 1. The summed E-state index contributed by atoms with van der Waals surface area (Å²) < 4.78 is 5.88. The highest BCUT2D eigenvalue weighted by atomic mass is 16.5. The van der Waals surface area contributed by atoms with E-state index in [9.17, 15) is 9.90 Å². The van der Waals surface area contributed by atoms with Gasteiger partial charge in [0.2, 0.25) is 0 Å². The van der Waals surface area contributed by atoms with E-state index in [1.54, 1.807) is 13.1 Å². The number of carbonyl (C=O) groups is 1. The first-order valence-corrected chi connectivity index (χ1v) is 10.7. The largest absolute Gasteiger partial charge is 0.393 e. The Bertz CT molecular complexity index is 626. The number of hydrogen-bond acceptors (Lipinski definition) is 5. The Morgan fingerprint density at radius 3 is 2.59 bits per heavy atom. The van der Waals surface area contributed by atoms with Crippen molar-refractivity contribution in [2.24, 2.45) is 11.8 Å². The summed E-state index contributed by atoms with van der Waals surface area (Å²) in [5, 5.41) is 10.2. The average Bonchev–Trinajstić information content (AvgIpc) is 3.06. The number of ketones is 1. The zero-order chi connectivity index (χ0) is 19.2. The summed E-state index contributed by atoms with van der Waals surface area (Å²) in [5.74, 6) is 1.68. The predicted molar refractivity (Wildman–Crippen MR) is 105 cm³/mol. The lowest BCUT2D eigenvalue weighted by atomic mass is 9.85. The molecular weight excluding hydrogens is 340 g/mol. The number of hydrogen-bond donors (Lipinski definition) is 1. The maximum Gasteiger partial charge on any atom is 0.163 e. The topological polar surface area (TPSA) is 72.3 Å². The molecule has 1 heterocycles. The molecule has 0 aliphatic heterocycles. The lowest BCUT2D eigenvalue weighted by Crippen LogP contribution is -2.24. The van der Waals surface area contributed by atoms with Gasteiger partial charge in [-0.25, -0.2) is 9.97 Å². The maximum atomic E-state index is 12.0. The van der Waals surface area contributed by atoms with Crippen molar-refractivity contribution >= 4 is 5.78 Å². The van der Waals surface area contributed by atoms with Crippen LogP contribution >= 0.6 is 0 Å². The van der Waals surface area contributed by atoms with E-state index >= 15 is 0 Å². The van der Waals surface area contributed by atoms with Gasteiger partial charge in [-0.2, -0.15) is 0 Å². The van der Waals surface area contributed by atoms with Crippen LogP contribution in [0, 0.1) is 11.8 Å². The van der Waals surface area contributed by atoms with Crippen LogP contribution in [0.3, 0.4) is 0 Å². The highest BCUT2D eigenvalue weighted by Crippen LogP contribution is 2.31. The Labute approximate surface area is 162 Å².